The van der Waals surface area contributed by atoms with Gasteiger partial charge >= 0.3 is 0 Å². The lowest BCUT2D eigenvalue weighted by Gasteiger charge is -2.48. The van der Waals surface area contributed by atoms with E-state index in [0.717, 1.165) is 13.0 Å². The third-order valence-electron chi connectivity index (χ3n) is 4.66. The Bertz CT molecular complexity index is 349. The zero-order chi connectivity index (χ0) is 14.5. The standard InChI is InChI=1S/C18H31N/c1-7-17(3,4)19(18(5,6)8-2)15-14-16-12-10-9-11-13-16/h9-13H,7-8,14-15H2,1-6H3. The van der Waals surface area contributed by atoms with Gasteiger partial charge in [-0.25, -0.2) is 0 Å². The van der Waals surface area contributed by atoms with E-state index in [1.54, 1.807) is 0 Å². The molecule has 0 fully saturated rings. The van der Waals surface area contributed by atoms with Crippen LogP contribution in [0.25, 0.3) is 0 Å². The van der Waals surface area contributed by atoms with Crippen LogP contribution in [0.1, 0.15) is 59.9 Å². The normalized spacial score (nSPS) is 13.0. The first-order chi connectivity index (χ1) is 8.83. The van der Waals surface area contributed by atoms with Gasteiger partial charge in [-0.3, -0.25) is 4.90 Å². The molecule has 1 rings (SSSR count). The highest BCUT2D eigenvalue weighted by atomic mass is 15.2. The maximum absolute atomic E-state index is 2.69. The molecule has 19 heavy (non-hydrogen) atoms. The largest absolute Gasteiger partial charge is 0.293 e. The fourth-order valence-corrected chi connectivity index (χ4v) is 2.69. The highest BCUT2D eigenvalue weighted by Crippen LogP contribution is 2.30. The van der Waals surface area contributed by atoms with E-state index in [0.29, 0.717) is 0 Å². The summed E-state index contributed by atoms with van der Waals surface area (Å²) in [6, 6.07) is 10.8. The van der Waals surface area contributed by atoms with Crippen molar-refractivity contribution < 1.29 is 0 Å². The van der Waals surface area contributed by atoms with Gasteiger partial charge in [0.1, 0.15) is 0 Å². The lowest BCUT2D eigenvalue weighted by atomic mass is 9.88. The number of hydrogen-bond donors (Lipinski definition) is 0. The fraction of sp³-hybridized carbons (Fsp3) is 0.667. The average Bonchev–Trinajstić information content (AvgIpc) is 2.39. The van der Waals surface area contributed by atoms with E-state index < -0.39 is 0 Å². The lowest BCUT2D eigenvalue weighted by molar-refractivity contribution is 0.0123. The Morgan fingerprint density at radius 1 is 0.842 bits per heavy atom. The zero-order valence-electron chi connectivity index (χ0n) is 13.7. The van der Waals surface area contributed by atoms with E-state index in [9.17, 15) is 0 Å². The summed E-state index contributed by atoms with van der Waals surface area (Å²) in [5.41, 5.74) is 1.95. The second-order valence-electron chi connectivity index (χ2n) is 6.72. The molecule has 0 atom stereocenters. The molecule has 0 aliphatic carbocycles. The predicted molar refractivity (Wildman–Crippen MR) is 85.6 cm³/mol. The molecule has 1 aromatic carbocycles. The SMILES string of the molecule is CCC(C)(C)N(CCc1ccccc1)C(C)(C)CC. The molecule has 0 amide bonds. The van der Waals surface area contributed by atoms with Crippen LogP contribution in [0, 0.1) is 0 Å². The summed E-state index contributed by atoms with van der Waals surface area (Å²) in [5, 5.41) is 0. The first kappa shape index (κ1) is 16.2. The molecular formula is C18H31N. The summed E-state index contributed by atoms with van der Waals surface area (Å²) in [4.78, 5) is 2.69. The Kier molecular flexibility index (Phi) is 5.61. The van der Waals surface area contributed by atoms with Crippen molar-refractivity contribution in [2.45, 2.75) is 71.9 Å². The maximum atomic E-state index is 2.69. The zero-order valence-corrected chi connectivity index (χ0v) is 13.7. The number of benzene rings is 1. The number of rotatable bonds is 7. The molecule has 0 N–H and O–H groups in total. The lowest BCUT2D eigenvalue weighted by Crippen LogP contribution is -2.55. The topological polar surface area (TPSA) is 3.24 Å². The Morgan fingerprint density at radius 2 is 1.32 bits per heavy atom. The van der Waals surface area contributed by atoms with Crippen LogP contribution >= 0.6 is 0 Å². The van der Waals surface area contributed by atoms with Crippen LogP contribution < -0.4 is 0 Å². The van der Waals surface area contributed by atoms with Crippen molar-refractivity contribution in [2.24, 2.45) is 0 Å². The van der Waals surface area contributed by atoms with Gasteiger partial charge in [0.2, 0.25) is 0 Å². The minimum Gasteiger partial charge on any atom is -0.293 e. The van der Waals surface area contributed by atoms with E-state index in [1.807, 2.05) is 0 Å². The summed E-state index contributed by atoms with van der Waals surface area (Å²) in [7, 11) is 0. The van der Waals surface area contributed by atoms with Crippen molar-refractivity contribution in [1.82, 2.24) is 4.90 Å². The molecule has 0 saturated heterocycles. The van der Waals surface area contributed by atoms with Gasteiger partial charge in [-0.15, -0.1) is 0 Å². The second-order valence-corrected chi connectivity index (χ2v) is 6.72. The van der Waals surface area contributed by atoms with Crippen molar-refractivity contribution >= 4 is 0 Å². The van der Waals surface area contributed by atoms with Gasteiger partial charge in [0.25, 0.3) is 0 Å². The fourth-order valence-electron chi connectivity index (χ4n) is 2.69. The Balaban J connectivity index is 2.81. The second kappa shape index (κ2) is 6.56. The van der Waals surface area contributed by atoms with E-state index >= 15 is 0 Å². The monoisotopic (exact) mass is 261 g/mol. The molecule has 0 unspecified atom stereocenters. The predicted octanol–water partition coefficient (Wildman–Crippen LogP) is 4.91. The van der Waals surface area contributed by atoms with Crippen molar-refractivity contribution in [3.63, 3.8) is 0 Å². The van der Waals surface area contributed by atoms with E-state index in [2.05, 4.69) is 76.8 Å². The van der Waals surface area contributed by atoms with Crippen molar-refractivity contribution in [2.75, 3.05) is 6.54 Å². The molecule has 1 heteroatoms. The van der Waals surface area contributed by atoms with Crippen LogP contribution in [-0.4, -0.2) is 22.5 Å². The minimum atomic E-state index is 0.258. The molecule has 0 aliphatic rings. The van der Waals surface area contributed by atoms with E-state index in [1.165, 1.54) is 18.4 Å². The summed E-state index contributed by atoms with van der Waals surface area (Å²) in [5.74, 6) is 0. The van der Waals surface area contributed by atoms with Gasteiger partial charge in [0.15, 0.2) is 0 Å². The maximum Gasteiger partial charge on any atom is 0.0156 e. The molecule has 108 valence electrons. The molecule has 0 heterocycles. The minimum absolute atomic E-state index is 0.258. The smallest absolute Gasteiger partial charge is 0.0156 e. The third-order valence-corrected chi connectivity index (χ3v) is 4.66. The van der Waals surface area contributed by atoms with Gasteiger partial charge in [-0.2, -0.15) is 0 Å². The van der Waals surface area contributed by atoms with Crippen LogP contribution in [0.3, 0.4) is 0 Å². The van der Waals surface area contributed by atoms with Crippen LogP contribution in [0.2, 0.25) is 0 Å². The van der Waals surface area contributed by atoms with Gasteiger partial charge in [0, 0.05) is 17.6 Å². The summed E-state index contributed by atoms with van der Waals surface area (Å²) in [6.45, 7) is 15.2. The molecule has 0 spiro atoms. The highest BCUT2D eigenvalue weighted by Gasteiger charge is 2.34. The molecule has 0 aliphatic heterocycles. The van der Waals surface area contributed by atoms with Gasteiger partial charge in [0.05, 0.1) is 0 Å². The highest BCUT2D eigenvalue weighted by molar-refractivity contribution is 5.15. The molecule has 0 saturated carbocycles. The summed E-state index contributed by atoms with van der Waals surface area (Å²) >= 11 is 0. The Hall–Kier alpha value is -0.820. The van der Waals surface area contributed by atoms with Crippen molar-refractivity contribution in [1.29, 1.82) is 0 Å². The quantitative estimate of drug-likeness (QED) is 0.674. The summed E-state index contributed by atoms with van der Waals surface area (Å²) < 4.78 is 0. The first-order valence-electron chi connectivity index (χ1n) is 7.65. The summed E-state index contributed by atoms with van der Waals surface area (Å²) in [6.07, 6.45) is 3.50. The molecule has 1 nitrogen and oxygen atoms in total. The van der Waals surface area contributed by atoms with Crippen LogP contribution in [0.4, 0.5) is 0 Å². The third kappa shape index (κ3) is 4.35. The van der Waals surface area contributed by atoms with Crippen molar-refractivity contribution in [3.8, 4) is 0 Å². The van der Waals surface area contributed by atoms with Crippen LogP contribution in [0.15, 0.2) is 30.3 Å². The first-order valence-corrected chi connectivity index (χ1v) is 7.65. The molecular weight excluding hydrogens is 230 g/mol. The Labute approximate surface area is 120 Å². The van der Waals surface area contributed by atoms with Gasteiger partial charge in [-0.1, -0.05) is 44.2 Å². The molecule has 0 bridgehead atoms. The Morgan fingerprint density at radius 3 is 1.74 bits per heavy atom. The molecule has 1 aromatic rings. The van der Waals surface area contributed by atoms with E-state index in [-0.39, 0.29) is 11.1 Å². The van der Waals surface area contributed by atoms with Crippen molar-refractivity contribution in [3.05, 3.63) is 35.9 Å². The van der Waals surface area contributed by atoms with Crippen LogP contribution in [-0.2, 0) is 6.42 Å². The van der Waals surface area contributed by atoms with Gasteiger partial charge in [-0.05, 0) is 52.5 Å². The van der Waals surface area contributed by atoms with Crippen LogP contribution in [0.5, 0.6) is 0 Å². The average molecular weight is 261 g/mol. The number of nitrogens with zero attached hydrogens (tertiary/aromatic N) is 1. The van der Waals surface area contributed by atoms with Gasteiger partial charge < -0.3 is 0 Å². The number of hydrogen-bond acceptors (Lipinski definition) is 1. The molecule has 0 radical (unpaired) electrons. The molecule has 0 aromatic heterocycles. The van der Waals surface area contributed by atoms with E-state index in [4.69, 9.17) is 0 Å².